The maximum absolute atomic E-state index is 6.23. The minimum absolute atomic E-state index is 0.489. The number of hydrogen-bond acceptors (Lipinski definition) is 2. The maximum Gasteiger partial charge on any atom is 0.122 e. The lowest BCUT2D eigenvalue weighted by Crippen LogP contribution is -1.86. The van der Waals surface area contributed by atoms with E-state index in [-0.39, 0.29) is 0 Å². The first kappa shape index (κ1) is 14.7. The molecule has 0 saturated carbocycles. The lowest BCUT2D eigenvalue weighted by atomic mass is 10.0. The number of rotatable bonds is 2. The topological polar surface area (TPSA) is 41.6 Å². The Hall–Kier alpha value is -1.26. The fraction of sp³-hybridized carbons (Fsp3) is 0. The molecule has 0 atom stereocenters. The van der Waals surface area contributed by atoms with E-state index in [1.807, 2.05) is 0 Å². The van der Waals surface area contributed by atoms with Crippen LogP contribution in [0.3, 0.4) is 0 Å². The molecule has 3 aromatic rings. The van der Waals surface area contributed by atoms with Gasteiger partial charge in [-0.15, -0.1) is 5.10 Å². The third-order valence-corrected chi connectivity index (χ3v) is 4.03. The van der Waals surface area contributed by atoms with E-state index in [4.69, 9.17) is 46.4 Å². The van der Waals surface area contributed by atoms with E-state index >= 15 is 0 Å². The van der Waals surface area contributed by atoms with Crippen LogP contribution in [-0.2, 0) is 0 Å². The molecule has 1 heterocycles. The van der Waals surface area contributed by atoms with Crippen LogP contribution in [0.2, 0.25) is 20.1 Å². The fourth-order valence-electron chi connectivity index (χ4n) is 1.98. The number of aromatic nitrogens is 3. The molecule has 3 rings (SSSR count). The molecule has 0 bridgehead atoms. The number of aromatic amines is 1. The molecule has 0 radical (unpaired) electrons. The zero-order valence-electron chi connectivity index (χ0n) is 10.4. The van der Waals surface area contributed by atoms with Crippen molar-refractivity contribution in [3.8, 4) is 22.5 Å². The van der Waals surface area contributed by atoms with Gasteiger partial charge in [-0.1, -0.05) is 51.6 Å². The monoisotopic (exact) mass is 357 g/mol. The third kappa shape index (κ3) is 2.87. The molecule has 0 unspecified atom stereocenters. The van der Waals surface area contributed by atoms with E-state index in [0.29, 0.717) is 31.5 Å². The van der Waals surface area contributed by atoms with Gasteiger partial charge < -0.3 is 0 Å². The van der Waals surface area contributed by atoms with E-state index in [2.05, 4.69) is 15.4 Å². The van der Waals surface area contributed by atoms with Crippen molar-refractivity contribution >= 4 is 46.4 Å². The Morgan fingerprint density at radius 2 is 1.33 bits per heavy atom. The summed E-state index contributed by atoms with van der Waals surface area (Å²) in [7, 11) is 0. The van der Waals surface area contributed by atoms with Crippen LogP contribution in [0.1, 0.15) is 0 Å². The van der Waals surface area contributed by atoms with Gasteiger partial charge in [-0.2, -0.15) is 0 Å². The summed E-state index contributed by atoms with van der Waals surface area (Å²) in [6, 6.07) is 10.4. The Morgan fingerprint density at radius 1 is 0.762 bits per heavy atom. The molecule has 3 nitrogen and oxygen atoms in total. The summed E-state index contributed by atoms with van der Waals surface area (Å²) in [6.07, 6.45) is 0. The molecule has 0 aliphatic rings. The summed E-state index contributed by atoms with van der Waals surface area (Å²) < 4.78 is 0. The summed E-state index contributed by atoms with van der Waals surface area (Å²) in [5.74, 6) is 0. The molecular weight excluding hydrogens is 352 g/mol. The molecule has 7 heteroatoms. The van der Waals surface area contributed by atoms with Crippen molar-refractivity contribution in [3.05, 3.63) is 56.5 Å². The van der Waals surface area contributed by atoms with E-state index in [0.717, 1.165) is 11.1 Å². The Morgan fingerprint density at radius 3 is 1.90 bits per heavy atom. The van der Waals surface area contributed by atoms with Gasteiger partial charge in [0, 0.05) is 21.2 Å². The second-order valence-corrected chi connectivity index (χ2v) is 5.97. The lowest BCUT2D eigenvalue weighted by molar-refractivity contribution is 0.944. The number of hydrogen-bond donors (Lipinski definition) is 1. The van der Waals surface area contributed by atoms with Crippen molar-refractivity contribution < 1.29 is 0 Å². The van der Waals surface area contributed by atoms with Crippen molar-refractivity contribution in [1.82, 2.24) is 15.4 Å². The summed E-state index contributed by atoms with van der Waals surface area (Å²) in [6.45, 7) is 0. The molecule has 0 spiro atoms. The Balaban J connectivity index is 2.17. The average Bonchev–Trinajstić information content (AvgIpc) is 2.87. The fourth-order valence-corrected chi connectivity index (χ4v) is 2.98. The Kier molecular flexibility index (Phi) is 4.09. The van der Waals surface area contributed by atoms with E-state index in [1.165, 1.54) is 0 Å². The van der Waals surface area contributed by atoms with Crippen LogP contribution >= 0.6 is 46.4 Å². The summed E-state index contributed by atoms with van der Waals surface area (Å²) >= 11 is 24.3. The highest BCUT2D eigenvalue weighted by Gasteiger charge is 2.17. The van der Waals surface area contributed by atoms with Gasteiger partial charge in [0.25, 0.3) is 0 Å². The molecule has 2 aromatic carbocycles. The van der Waals surface area contributed by atoms with E-state index in [9.17, 15) is 0 Å². The van der Waals surface area contributed by atoms with Gasteiger partial charge in [-0.3, -0.25) is 5.10 Å². The van der Waals surface area contributed by atoms with Gasteiger partial charge in [0.15, 0.2) is 0 Å². The highest BCUT2D eigenvalue weighted by molar-refractivity contribution is 6.37. The van der Waals surface area contributed by atoms with Gasteiger partial charge in [-0.05, 0) is 36.4 Å². The van der Waals surface area contributed by atoms with Crippen LogP contribution in [0.15, 0.2) is 36.4 Å². The molecule has 21 heavy (non-hydrogen) atoms. The minimum atomic E-state index is 0.489. The van der Waals surface area contributed by atoms with Crippen molar-refractivity contribution in [2.45, 2.75) is 0 Å². The van der Waals surface area contributed by atoms with Crippen molar-refractivity contribution in [2.24, 2.45) is 0 Å². The number of H-pyrrole nitrogens is 1. The molecule has 0 fully saturated rings. The average molecular weight is 359 g/mol. The predicted octanol–water partition coefficient (Wildman–Crippen LogP) is 5.75. The first-order chi connectivity index (χ1) is 10.1. The van der Waals surface area contributed by atoms with Crippen LogP contribution in [0.4, 0.5) is 0 Å². The first-order valence-corrected chi connectivity index (χ1v) is 7.39. The molecule has 1 aromatic heterocycles. The third-order valence-electron chi connectivity index (χ3n) is 2.94. The number of nitrogens with zero attached hydrogens (tertiary/aromatic N) is 2. The highest BCUT2D eigenvalue weighted by atomic mass is 35.5. The van der Waals surface area contributed by atoms with Crippen LogP contribution < -0.4 is 0 Å². The zero-order chi connectivity index (χ0) is 15.0. The van der Waals surface area contributed by atoms with Crippen LogP contribution in [0.5, 0.6) is 0 Å². The van der Waals surface area contributed by atoms with Gasteiger partial charge in [0.1, 0.15) is 5.69 Å². The minimum Gasteiger partial charge on any atom is -0.257 e. The lowest BCUT2D eigenvalue weighted by Gasteiger charge is -2.06. The SMILES string of the molecule is Clc1ccc(-c2nn[nH]c2-c2ccc(Cl)cc2Cl)c(Cl)c1. The van der Waals surface area contributed by atoms with Crippen LogP contribution in [0.25, 0.3) is 22.5 Å². The van der Waals surface area contributed by atoms with Crippen molar-refractivity contribution in [3.63, 3.8) is 0 Å². The Bertz CT molecular complexity index is 748. The number of nitrogens with one attached hydrogen (secondary N) is 1. The largest absolute Gasteiger partial charge is 0.257 e. The zero-order valence-corrected chi connectivity index (χ0v) is 13.4. The smallest absolute Gasteiger partial charge is 0.122 e. The summed E-state index contributed by atoms with van der Waals surface area (Å²) in [4.78, 5) is 0. The van der Waals surface area contributed by atoms with Crippen molar-refractivity contribution in [1.29, 1.82) is 0 Å². The van der Waals surface area contributed by atoms with Crippen LogP contribution in [-0.4, -0.2) is 15.4 Å². The van der Waals surface area contributed by atoms with Gasteiger partial charge in [-0.25, -0.2) is 0 Å². The van der Waals surface area contributed by atoms with Crippen molar-refractivity contribution in [2.75, 3.05) is 0 Å². The predicted molar refractivity (Wildman–Crippen MR) is 87.3 cm³/mol. The van der Waals surface area contributed by atoms with E-state index < -0.39 is 0 Å². The molecule has 0 saturated heterocycles. The standard InChI is InChI=1S/C14H7Cl4N3/c15-7-1-3-9(11(17)5-7)13-14(20-21-19-13)10-4-2-8(16)6-12(10)18/h1-6H,(H,19,20,21). The molecule has 1 N–H and O–H groups in total. The second kappa shape index (κ2) is 5.85. The van der Waals surface area contributed by atoms with Gasteiger partial charge in [0.2, 0.25) is 0 Å². The first-order valence-electron chi connectivity index (χ1n) is 5.88. The summed E-state index contributed by atoms with van der Waals surface area (Å²) in [5.41, 5.74) is 2.73. The highest BCUT2D eigenvalue weighted by Crippen LogP contribution is 2.37. The molecule has 106 valence electrons. The maximum atomic E-state index is 6.23. The normalized spacial score (nSPS) is 10.9. The molecule has 0 amide bonds. The van der Waals surface area contributed by atoms with Crippen LogP contribution in [0, 0.1) is 0 Å². The van der Waals surface area contributed by atoms with Gasteiger partial charge in [0.05, 0.1) is 15.7 Å². The molecule has 0 aliphatic carbocycles. The second-order valence-electron chi connectivity index (χ2n) is 4.28. The summed E-state index contributed by atoms with van der Waals surface area (Å²) in [5, 5.41) is 12.9. The Labute approximate surface area is 140 Å². The quantitative estimate of drug-likeness (QED) is 0.633. The van der Waals surface area contributed by atoms with E-state index in [1.54, 1.807) is 36.4 Å². The molecule has 0 aliphatic heterocycles. The number of benzene rings is 2. The number of halogens is 4. The van der Waals surface area contributed by atoms with Gasteiger partial charge >= 0.3 is 0 Å². The molecular formula is C14H7Cl4N3.